The number of hydrogen-bond donors (Lipinski definition) is 0. The topological polar surface area (TPSA) is 0 Å². The van der Waals surface area contributed by atoms with Crippen LogP contribution in [-0.4, -0.2) is 13.2 Å². The van der Waals surface area contributed by atoms with Gasteiger partial charge in [-0.3, -0.25) is 0 Å². The van der Waals surface area contributed by atoms with Gasteiger partial charge >= 0.3 is 0 Å². The normalized spacial score (nSPS) is 11.8. The summed E-state index contributed by atoms with van der Waals surface area (Å²) in [4.78, 5) is 0. The summed E-state index contributed by atoms with van der Waals surface area (Å²) in [5.41, 5.74) is 0.690. The van der Waals surface area contributed by atoms with Gasteiger partial charge in [0.1, 0.15) is 7.57 Å². The monoisotopic (exact) mass is 86.0 g/mol. The van der Waals surface area contributed by atoms with Gasteiger partial charge in [-0.15, -0.1) is 0 Å². The molecule has 0 amide bonds. The third-order valence-electron chi connectivity index (χ3n) is 0.333. The Hall–Kier alpha value is 0.495. The molecule has 0 aromatic carbocycles. The molecule has 0 rings (SSSR count). The number of hydrogen-bond acceptors (Lipinski definition) is 0. The molecule has 2 radical (unpaired) electrons. The van der Waals surface area contributed by atoms with E-state index in [1.165, 1.54) is 0 Å². The van der Waals surface area contributed by atoms with Gasteiger partial charge in [0.25, 0.3) is 0 Å². The largest absolute Gasteiger partial charge is 0.169 e. The Morgan fingerprint density at radius 2 is 1.80 bits per heavy atom. The summed E-state index contributed by atoms with van der Waals surface area (Å²) in [6.07, 6.45) is 0. The summed E-state index contributed by atoms with van der Waals surface area (Å²) in [5, 5.41) is 0. The van der Waals surface area contributed by atoms with Gasteiger partial charge in [0.2, 0.25) is 0 Å². The van der Waals surface area contributed by atoms with Gasteiger partial charge in [0.15, 0.2) is 0 Å². The van der Waals surface area contributed by atoms with Crippen molar-refractivity contribution >= 4 is 16.0 Å². The van der Waals surface area contributed by atoms with Crippen LogP contribution in [0.5, 0.6) is 0 Å². The predicted octanol–water partition coefficient (Wildman–Crippen LogP) is 1.16. The average Bonchev–Trinajstić information content (AvgIpc) is 1.38. The highest BCUT2D eigenvalue weighted by Crippen LogP contribution is 2.08. The van der Waals surface area contributed by atoms with Crippen LogP contribution in [0.1, 0.15) is 13.8 Å². The second-order valence-electron chi connectivity index (χ2n) is 1.32. The molecule has 0 bridgehead atoms. The molecule has 1 unspecified atom stereocenters. The standard InChI is InChI=1S/C3H8BP/c1-3(2)5-4/h3,5H,1-2H3. The second kappa shape index (κ2) is 2.72. The van der Waals surface area contributed by atoms with Crippen molar-refractivity contribution in [2.24, 2.45) is 0 Å². The lowest BCUT2D eigenvalue weighted by molar-refractivity contribution is 1.11. The van der Waals surface area contributed by atoms with Crippen molar-refractivity contribution in [1.82, 2.24) is 0 Å². The molecule has 0 nitrogen and oxygen atoms in total. The highest BCUT2D eigenvalue weighted by molar-refractivity contribution is 7.66. The minimum atomic E-state index is 0.614. The zero-order chi connectivity index (χ0) is 4.28. The van der Waals surface area contributed by atoms with Crippen molar-refractivity contribution < 1.29 is 0 Å². The molecular formula is C3H8BP. The molecular weight excluding hydrogens is 77.8 g/mol. The van der Waals surface area contributed by atoms with Gasteiger partial charge < -0.3 is 0 Å². The molecule has 0 aliphatic carbocycles. The predicted molar refractivity (Wildman–Crippen MR) is 29.2 cm³/mol. The Balaban J connectivity index is 2.54. The van der Waals surface area contributed by atoms with Gasteiger partial charge in [-0.2, -0.15) is 8.46 Å². The fourth-order valence-electron chi connectivity index (χ4n) is 0. The first-order valence-corrected chi connectivity index (χ1v) is 2.89. The Morgan fingerprint density at radius 3 is 1.80 bits per heavy atom. The molecule has 0 heterocycles. The Morgan fingerprint density at radius 1 is 1.60 bits per heavy atom. The summed E-state index contributed by atoms with van der Waals surface area (Å²) in [7, 11) is 5.81. The quantitative estimate of drug-likeness (QED) is 0.331. The van der Waals surface area contributed by atoms with E-state index in [9.17, 15) is 0 Å². The van der Waals surface area contributed by atoms with Crippen LogP contribution in [0.4, 0.5) is 0 Å². The SMILES string of the molecule is [B]PC(C)C. The third kappa shape index (κ3) is 4.49. The fraction of sp³-hybridized carbons (Fsp3) is 1.00. The van der Waals surface area contributed by atoms with Gasteiger partial charge in [-0.25, -0.2) is 0 Å². The van der Waals surface area contributed by atoms with Crippen LogP contribution in [0.15, 0.2) is 0 Å². The summed E-state index contributed by atoms with van der Waals surface area (Å²) >= 11 is 0. The van der Waals surface area contributed by atoms with E-state index in [0.717, 1.165) is 0 Å². The van der Waals surface area contributed by atoms with Crippen molar-refractivity contribution in [3.8, 4) is 0 Å². The van der Waals surface area contributed by atoms with E-state index in [2.05, 4.69) is 13.8 Å². The third-order valence-corrected chi connectivity index (χ3v) is 1.00. The minimum absolute atomic E-state index is 0.614. The van der Waals surface area contributed by atoms with Crippen molar-refractivity contribution in [2.45, 2.75) is 19.5 Å². The van der Waals surface area contributed by atoms with Crippen LogP contribution in [0, 0.1) is 0 Å². The maximum Gasteiger partial charge on any atom is 0.104 e. The van der Waals surface area contributed by atoms with Crippen molar-refractivity contribution in [2.75, 3.05) is 0 Å². The highest BCUT2D eigenvalue weighted by Gasteiger charge is 1.79. The lowest BCUT2D eigenvalue weighted by Crippen LogP contribution is -1.77. The first kappa shape index (κ1) is 5.49. The van der Waals surface area contributed by atoms with E-state index in [4.69, 9.17) is 7.57 Å². The zero-order valence-electron chi connectivity index (χ0n) is 3.65. The molecule has 0 spiro atoms. The maximum atomic E-state index is 5.20. The average molecular weight is 85.9 g/mol. The molecule has 28 valence electrons. The molecule has 2 heteroatoms. The highest BCUT2D eigenvalue weighted by atomic mass is 31.1. The van der Waals surface area contributed by atoms with E-state index in [1.807, 2.05) is 0 Å². The van der Waals surface area contributed by atoms with E-state index >= 15 is 0 Å². The molecule has 1 atom stereocenters. The summed E-state index contributed by atoms with van der Waals surface area (Å²) in [5.74, 6) is 0. The van der Waals surface area contributed by atoms with Gasteiger partial charge in [0, 0.05) is 0 Å². The van der Waals surface area contributed by atoms with Crippen LogP contribution >= 0.6 is 8.46 Å². The Bertz CT molecular complexity index is 20.9. The maximum absolute atomic E-state index is 5.20. The minimum Gasteiger partial charge on any atom is -0.169 e. The van der Waals surface area contributed by atoms with E-state index in [1.54, 1.807) is 0 Å². The molecule has 0 saturated heterocycles. The summed E-state index contributed by atoms with van der Waals surface area (Å²) in [6, 6.07) is 0. The van der Waals surface area contributed by atoms with Gasteiger partial charge in [-0.05, 0) is 5.66 Å². The van der Waals surface area contributed by atoms with E-state index < -0.39 is 0 Å². The fourth-order valence-corrected chi connectivity index (χ4v) is 0. The van der Waals surface area contributed by atoms with Crippen LogP contribution in [0.2, 0.25) is 0 Å². The van der Waals surface area contributed by atoms with Gasteiger partial charge in [-0.1, -0.05) is 13.8 Å². The van der Waals surface area contributed by atoms with Crippen LogP contribution in [0.25, 0.3) is 0 Å². The smallest absolute Gasteiger partial charge is 0.104 e. The van der Waals surface area contributed by atoms with Crippen molar-refractivity contribution in [3.05, 3.63) is 0 Å². The number of rotatable bonds is 1. The summed E-state index contributed by atoms with van der Waals surface area (Å²) in [6.45, 7) is 4.22. The molecule has 5 heavy (non-hydrogen) atoms. The van der Waals surface area contributed by atoms with Crippen molar-refractivity contribution in [1.29, 1.82) is 0 Å². The van der Waals surface area contributed by atoms with Crippen molar-refractivity contribution in [3.63, 3.8) is 0 Å². The molecule has 0 N–H and O–H groups in total. The zero-order valence-corrected chi connectivity index (χ0v) is 4.65. The Labute approximate surface area is 36.5 Å². The lowest BCUT2D eigenvalue weighted by Gasteiger charge is -1.91. The molecule has 0 aliphatic rings. The van der Waals surface area contributed by atoms with Crippen LogP contribution in [0.3, 0.4) is 0 Å². The molecule has 0 aromatic heterocycles. The Kier molecular flexibility index (Phi) is 2.99. The molecule has 0 saturated carbocycles. The van der Waals surface area contributed by atoms with E-state index in [0.29, 0.717) is 14.1 Å². The first-order chi connectivity index (χ1) is 2.27. The summed E-state index contributed by atoms with van der Waals surface area (Å²) < 4.78 is 0. The van der Waals surface area contributed by atoms with E-state index in [-0.39, 0.29) is 0 Å². The molecule has 0 aliphatic heterocycles. The molecule has 0 fully saturated rings. The van der Waals surface area contributed by atoms with Crippen LogP contribution in [-0.2, 0) is 0 Å². The second-order valence-corrected chi connectivity index (χ2v) is 2.81. The molecule has 0 aromatic rings. The first-order valence-electron chi connectivity index (χ1n) is 1.73. The van der Waals surface area contributed by atoms with Crippen LogP contribution < -0.4 is 0 Å². The van der Waals surface area contributed by atoms with Gasteiger partial charge in [0.05, 0.1) is 0 Å². The lowest BCUT2D eigenvalue weighted by atomic mass is 10.6.